The van der Waals surface area contributed by atoms with Gasteiger partial charge in [0.25, 0.3) is 0 Å². The summed E-state index contributed by atoms with van der Waals surface area (Å²) < 4.78 is 26.0. The van der Waals surface area contributed by atoms with Gasteiger partial charge in [0.1, 0.15) is 0 Å². The summed E-state index contributed by atoms with van der Waals surface area (Å²) in [6, 6.07) is 6.26. The summed E-state index contributed by atoms with van der Waals surface area (Å²) in [4.78, 5) is 5.22. The van der Waals surface area contributed by atoms with Crippen LogP contribution in [0, 0.1) is 6.92 Å². The third-order valence-electron chi connectivity index (χ3n) is 2.55. The van der Waals surface area contributed by atoms with E-state index in [-0.39, 0.29) is 4.90 Å². The van der Waals surface area contributed by atoms with Crippen molar-refractivity contribution in [1.82, 2.24) is 9.29 Å². The molecule has 2 aromatic rings. The van der Waals surface area contributed by atoms with Crippen LogP contribution in [0.4, 0.5) is 0 Å². The molecule has 0 aliphatic rings. The zero-order valence-electron chi connectivity index (χ0n) is 10.5. The zero-order valence-corrected chi connectivity index (χ0v) is 12.9. The Morgan fingerprint density at radius 1 is 1.42 bits per heavy atom. The van der Waals surface area contributed by atoms with Crippen molar-refractivity contribution in [2.24, 2.45) is 0 Å². The molecule has 2 rings (SSSR count). The van der Waals surface area contributed by atoms with E-state index in [0.29, 0.717) is 11.6 Å². The SMILES string of the molecule is Cc1ncc(CN(C)S(=O)(=O)c2cccc(Cl)c2)s1. The maximum Gasteiger partial charge on any atom is 0.243 e. The molecule has 102 valence electrons. The normalized spacial score (nSPS) is 12.0. The number of halogens is 1. The Kier molecular flexibility index (Phi) is 4.25. The van der Waals surface area contributed by atoms with E-state index in [1.807, 2.05) is 6.92 Å². The lowest BCUT2D eigenvalue weighted by atomic mass is 10.4. The molecule has 0 aliphatic carbocycles. The molecule has 0 fully saturated rings. The van der Waals surface area contributed by atoms with Crippen LogP contribution in [0.2, 0.25) is 5.02 Å². The highest BCUT2D eigenvalue weighted by atomic mass is 35.5. The Bertz CT molecular complexity index is 683. The smallest absolute Gasteiger partial charge is 0.243 e. The van der Waals surface area contributed by atoms with Crippen molar-refractivity contribution >= 4 is 33.0 Å². The second-order valence-corrected chi connectivity index (χ2v) is 7.86. The van der Waals surface area contributed by atoms with Crippen molar-refractivity contribution in [1.29, 1.82) is 0 Å². The summed E-state index contributed by atoms with van der Waals surface area (Å²) in [5, 5.41) is 1.33. The Labute approximate surface area is 121 Å². The van der Waals surface area contributed by atoms with Gasteiger partial charge in [0, 0.05) is 29.7 Å². The van der Waals surface area contributed by atoms with Gasteiger partial charge in [-0.2, -0.15) is 4.31 Å². The van der Waals surface area contributed by atoms with Crippen molar-refractivity contribution in [3.63, 3.8) is 0 Å². The number of nitrogens with zero attached hydrogens (tertiary/aromatic N) is 2. The molecule has 19 heavy (non-hydrogen) atoms. The van der Waals surface area contributed by atoms with Gasteiger partial charge in [-0.05, 0) is 25.1 Å². The van der Waals surface area contributed by atoms with Crippen molar-refractivity contribution in [3.8, 4) is 0 Å². The summed E-state index contributed by atoms with van der Waals surface area (Å²) in [7, 11) is -1.98. The molecular formula is C12H13ClN2O2S2. The number of hydrogen-bond acceptors (Lipinski definition) is 4. The van der Waals surface area contributed by atoms with Gasteiger partial charge in [-0.1, -0.05) is 17.7 Å². The van der Waals surface area contributed by atoms with Crippen molar-refractivity contribution in [3.05, 3.63) is 45.4 Å². The monoisotopic (exact) mass is 316 g/mol. The molecule has 0 bridgehead atoms. The van der Waals surface area contributed by atoms with Gasteiger partial charge >= 0.3 is 0 Å². The first-order chi connectivity index (χ1) is 8.89. The largest absolute Gasteiger partial charge is 0.250 e. The molecule has 1 aromatic heterocycles. The predicted molar refractivity (Wildman–Crippen MR) is 77.0 cm³/mol. The highest BCUT2D eigenvalue weighted by Crippen LogP contribution is 2.21. The minimum atomic E-state index is -3.52. The van der Waals surface area contributed by atoms with E-state index in [9.17, 15) is 8.42 Å². The minimum Gasteiger partial charge on any atom is -0.250 e. The van der Waals surface area contributed by atoms with Crippen LogP contribution >= 0.6 is 22.9 Å². The molecule has 7 heteroatoms. The van der Waals surface area contributed by atoms with Gasteiger partial charge in [-0.3, -0.25) is 0 Å². The second-order valence-electron chi connectivity index (χ2n) is 4.06. The molecule has 0 N–H and O–H groups in total. The Hall–Kier alpha value is -0.950. The summed E-state index contributed by atoms with van der Waals surface area (Å²) in [5.41, 5.74) is 0. The Morgan fingerprint density at radius 2 is 2.16 bits per heavy atom. The van der Waals surface area contributed by atoms with E-state index < -0.39 is 10.0 Å². The first-order valence-corrected chi connectivity index (χ1v) is 8.16. The van der Waals surface area contributed by atoms with Crippen LogP contribution < -0.4 is 0 Å². The summed E-state index contributed by atoms with van der Waals surface area (Å²) in [6.45, 7) is 2.19. The molecule has 0 amide bonds. The van der Waals surface area contributed by atoms with Gasteiger partial charge in [0.15, 0.2) is 0 Å². The number of sulfonamides is 1. The molecule has 0 saturated heterocycles. The van der Waals surface area contributed by atoms with Gasteiger partial charge < -0.3 is 0 Å². The highest BCUT2D eigenvalue weighted by Gasteiger charge is 2.21. The molecule has 0 unspecified atom stereocenters. The Balaban J connectivity index is 2.24. The average Bonchev–Trinajstić information content (AvgIpc) is 2.74. The summed E-state index contributed by atoms with van der Waals surface area (Å²) in [5.74, 6) is 0. The molecule has 0 radical (unpaired) electrons. The van der Waals surface area contributed by atoms with E-state index in [0.717, 1.165) is 9.88 Å². The van der Waals surface area contributed by atoms with Crippen molar-refractivity contribution < 1.29 is 8.42 Å². The molecule has 0 aliphatic heterocycles. The molecule has 1 heterocycles. The van der Waals surface area contributed by atoms with Crippen LogP contribution in [-0.4, -0.2) is 24.8 Å². The highest BCUT2D eigenvalue weighted by molar-refractivity contribution is 7.89. The van der Waals surface area contributed by atoms with Crippen molar-refractivity contribution in [2.45, 2.75) is 18.4 Å². The number of thiazole rings is 1. The van der Waals surface area contributed by atoms with Gasteiger partial charge in [-0.25, -0.2) is 13.4 Å². The maximum absolute atomic E-state index is 12.3. The lowest BCUT2D eigenvalue weighted by Crippen LogP contribution is -2.26. The standard InChI is InChI=1S/C12H13ClN2O2S2/c1-9-14-7-11(18-9)8-15(2)19(16,17)12-5-3-4-10(13)6-12/h3-7H,8H2,1-2H3. The third kappa shape index (κ3) is 3.33. The fourth-order valence-electron chi connectivity index (χ4n) is 1.59. The van der Waals surface area contributed by atoms with Gasteiger partial charge in [-0.15, -0.1) is 11.3 Å². The lowest BCUT2D eigenvalue weighted by Gasteiger charge is -2.16. The molecule has 0 atom stereocenters. The maximum atomic E-state index is 12.3. The molecule has 0 saturated carbocycles. The van der Waals surface area contributed by atoms with Crippen LogP contribution in [0.1, 0.15) is 9.88 Å². The summed E-state index contributed by atoms with van der Waals surface area (Å²) in [6.07, 6.45) is 1.70. The van der Waals surface area contributed by atoms with E-state index in [2.05, 4.69) is 4.98 Å². The fourth-order valence-corrected chi connectivity index (χ4v) is 3.97. The minimum absolute atomic E-state index is 0.198. The second kappa shape index (κ2) is 5.58. The molecule has 1 aromatic carbocycles. The van der Waals surface area contributed by atoms with E-state index >= 15 is 0 Å². The fraction of sp³-hybridized carbons (Fsp3) is 0.250. The average molecular weight is 317 g/mol. The number of hydrogen-bond donors (Lipinski definition) is 0. The topological polar surface area (TPSA) is 50.3 Å². The Morgan fingerprint density at radius 3 is 2.74 bits per heavy atom. The number of aryl methyl sites for hydroxylation is 1. The van der Waals surface area contributed by atoms with E-state index in [4.69, 9.17) is 11.6 Å². The van der Waals surface area contributed by atoms with Gasteiger partial charge in [0.05, 0.1) is 9.90 Å². The number of aromatic nitrogens is 1. The number of rotatable bonds is 4. The summed E-state index contributed by atoms with van der Waals surface area (Å²) >= 11 is 7.32. The van der Waals surface area contributed by atoms with Crippen LogP contribution in [-0.2, 0) is 16.6 Å². The van der Waals surface area contributed by atoms with Crippen LogP contribution in [0.15, 0.2) is 35.4 Å². The van der Waals surface area contributed by atoms with Crippen LogP contribution in [0.5, 0.6) is 0 Å². The molecule has 4 nitrogen and oxygen atoms in total. The quantitative estimate of drug-likeness (QED) is 0.871. The first kappa shape index (κ1) is 14.5. The zero-order chi connectivity index (χ0) is 14.0. The van der Waals surface area contributed by atoms with Crippen LogP contribution in [0.25, 0.3) is 0 Å². The molecular weight excluding hydrogens is 304 g/mol. The lowest BCUT2D eigenvalue weighted by molar-refractivity contribution is 0.469. The number of benzene rings is 1. The van der Waals surface area contributed by atoms with E-state index in [1.165, 1.54) is 27.8 Å². The van der Waals surface area contributed by atoms with Crippen LogP contribution in [0.3, 0.4) is 0 Å². The van der Waals surface area contributed by atoms with Crippen molar-refractivity contribution in [2.75, 3.05) is 7.05 Å². The predicted octanol–water partition coefficient (Wildman–Crippen LogP) is 2.93. The van der Waals surface area contributed by atoms with Gasteiger partial charge in [0.2, 0.25) is 10.0 Å². The molecule has 0 spiro atoms. The third-order valence-corrected chi connectivity index (χ3v) is 5.48. The first-order valence-electron chi connectivity index (χ1n) is 5.53. The van der Waals surface area contributed by atoms with E-state index in [1.54, 1.807) is 25.4 Å².